The summed E-state index contributed by atoms with van der Waals surface area (Å²) in [6.07, 6.45) is 2.34. The lowest BCUT2D eigenvalue weighted by atomic mass is 9.94. The third-order valence-electron chi connectivity index (χ3n) is 4.84. The van der Waals surface area contributed by atoms with Gasteiger partial charge in [-0.05, 0) is 24.1 Å². The van der Waals surface area contributed by atoms with E-state index >= 15 is 0 Å². The average Bonchev–Trinajstić information content (AvgIpc) is 3.01. The van der Waals surface area contributed by atoms with Gasteiger partial charge in [-0.3, -0.25) is 9.59 Å². The lowest BCUT2D eigenvalue weighted by Gasteiger charge is -2.25. The molecule has 136 valence electrons. The van der Waals surface area contributed by atoms with Crippen molar-refractivity contribution in [3.05, 3.63) is 70.8 Å². The molecule has 1 amide bonds. The van der Waals surface area contributed by atoms with Gasteiger partial charge in [-0.25, -0.2) is 9.97 Å². The Bertz CT molecular complexity index is 1020. The number of aryl methyl sites for hydroxylation is 1. The summed E-state index contributed by atoms with van der Waals surface area (Å²) in [5.41, 5.74) is 5.11. The number of ketones is 1. The first kappa shape index (κ1) is 17.1. The van der Waals surface area contributed by atoms with E-state index in [0.717, 1.165) is 28.2 Å². The summed E-state index contributed by atoms with van der Waals surface area (Å²) < 4.78 is 0. The van der Waals surface area contributed by atoms with Crippen LogP contribution in [0.2, 0.25) is 0 Å². The normalized spacial score (nSPS) is 13.6. The van der Waals surface area contributed by atoms with Crippen LogP contribution in [0.1, 0.15) is 39.9 Å². The average molecular weight is 360 g/mol. The van der Waals surface area contributed by atoms with Crippen LogP contribution in [0.25, 0.3) is 11.4 Å². The summed E-state index contributed by atoms with van der Waals surface area (Å²) in [7, 11) is 0. The quantitative estimate of drug-likeness (QED) is 0.779. The van der Waals surface area contributed by atoms with Gasteiger partial charge in [-0.2, -0.15) is 0 Å². The Morgan fingerprint density at radius 1 is 1.19 bits per heavy atom. The molecule has 0 saturated heterocycles. The lowest BCUT2D eigenvalue weighted by molar-refractivity contribution is -0.129. The monoisotopic (exact) mass is 360 g/mol. The SMILES string of the molecule is CC(=O)N1CC(=O)c2c([nH]c(-c3ccnc(C)n3)c2Cc2ccccc2)C1. The fourth-order valence-corrected chi connectivity index (χ4v) is 3.56. The van der Waals surface area contributed by atoms with Gasteiger partial charge in [-0.15, -0.1) is 0 Å². The molecule has 0 aliphatic carbocycles. The summed E-state index contributed by atoms with van der Waals surface area (Å²) in [5.74, 6) is 0.528. The zero-order chi connectivity index (χ0) is 19.0. The van der Waals surface area contributed by atoms with Gasteiger partial charge in [0.05, 0.1) is 24.5 Å². The second-order valence-electron chi connectivity index (χ2n) is 6.78. The number of carbonyl (C=O) groups is 2. The number of rotatable bonds is 3. The van der Waals surface area contributed by atoms with Gasteiger partial charge in [0, 0.05) is 30.8 Å². The third kappa shape index (κ3) is 3.26. The summed E-state index contributed by atoms with van der Waals surface area (Å²) in [5, 5.41) is 0. The maximum atomic E-state index is 12.9. The Labute approximate surface area is 157 Å². The molecule has 3 heterocycles. The van der Waals surface area contributed by atoms with Gasteiger partial charge < -0.3 is 9.88 Å². The fraction of sp³-hybridized carbons (Fsp3) is 0.238. The van der Waals surface area contributed by atoms with Gasteiger partial charge in [-0.1, -0.05) is 30.3 Å². The molecule has 1 aliphatic rings. The summed E-state index contributed by atoms with van der Waals surface area (Å²) in [6.45, 7) is 3.85. The molecule has 27 heavy (non-hydrogen) atoms. The first-order chi connectivity index (χ1) is 13.0. The molecule has 0 fully saturated rings. The van der Waals surface area contributed by atoms with Crippen LogP contribution in [0.15, 0.2) is 42.6 Å². The molecule has 0 unspecified atom stereocenters. The number of hydrogen-bond donors (Lipinski definition) is 1. The highest BCUT2D eigenvalue weighted by Gasteiger charge is 2.31. The molecule has 1 aliphatic heterocycles. The van der Waals surface area contributed by atoms with Gasteiger partial charge in [0.2, 0.25) is 5.91 Å². The van der Waals surface area contributed by atoms with Crippen molar-refractivity contribution in [2.45, 2.75) is 26.8 Å². The predicted octanol–water partition coefficient (Wildman–Crippen LogP) is 2.92. The van der Waals surface area contributed by atoms with E-state index in [1.54, 1.807) is 11.1 Å². The first-order valence-corrected chi connectivity index (χ1v) is 8.89. The molecule has 4 rings (SSSR count). The number of carbonyl (C=O) groups excluding carboxylic acids is 2. The highest BCUT2D eigenvalue weighted by Crippen LogP contribution is 2.32. The lowest BCUT2D eigenvalue weighted by Crippen LogP contribution is -2.38. The Morgan fingerprint density at radius 3 is 2.67 bits per heavy atom. The van der Waals surface area contributed by atoms with Crippen LogP contribution in [0.3, 0.4) is 0 Å². The molecule has 6 nitrogen and oxygen atoms in total. The minimum Gasteiger partial charge on any atom is -0.355 e. The molecular weight excluding hydrogens is 340 g/mol. The number of nitrogens with one attached hydrogen (secondary N) is 1. The van der Waals surface area contributed by atoms with Crippen LogP contribution in [-0.4, -0.2) is 38.1 Å². The maximum absolute atomic E-state index is 12.9. The fourth-order valence-electron chi connectivity index (χ4n) is 3.56. The number of fused-ring (bicyclic) bond motifs is 1. The summed E-state index contributed by atoms with van der Waals surface area (Å²) in [4.78, 5) is 38.3. The predicted molar refractivity (Wildman–Crippen MR) is 101 cm³/mol. The van der Waals surface area contributed by atoms with E-state index in [9.17, 15) is 9.59 Å². The minimum atomic E-state index is -0.104. The van der Waals surface area contributed by atoms with Crippen LogP contribution in [-0.2, 0) is 17.8 Å². The largest absolute Gasteiger partial charge is 0.355 e. The number of nitrogens with zero attached hydrogens (tertiary/aromatic N) is 3. The molecule has 0 bridgehead atoms. The Hall–Kier alpha value is -3.28. The van der Waals surface area contributed by atoms with E-state index in [4.69, 9.17) is 0 Å². The van der Waals surface area contributed by atoms with Crippen molar-refractivity contribution in [3.8, 4) is 11.4 Å². The molecule has 1 N–H and O–H groups in total. The van der Waals surface area contributed by atoms with E-state index in [2.05, 4.69) is 15.0 Å². The van der Waals surface area contributed by atoms with Crippen molar-refractivity contribution in [1.82, 2.24) is 19.9 Å². The number of hydrogen-bond acceptors (Lipinski definition) is 4. The molecule has 0 spiro atoms. The number of amides is 1. The highest BCUT2D eigenvalue weighted by molar-refractivity contribution is 6.04. The highest BCUT2D eigenvalue weighted by atomic mass is 16.2. The molecule has 0 atom stereocenters. The smallest absolute Gasteiger partial charge is 0.220 e. The van der Waals surface area contributed by atoms with E-state index in [1.165, 1.54) is 6.92 Å². The second kappa shape index (κ2) is 6.79. The summed E-state index contributed by atoms with van der Waals surface area (Å²) in [6, 6.07) is 11.9. The third-order valence-corrected chi connectivity index (χ3v) is 4.84. The molecule has 2 aromatic heterocycles. The van der Waals surface area contributed by atoms with Crippen molar-refractivity contribution in [2.24, 2.45) is 0 Å². The second-order valence-corrected chi connectivity index (χ2v) is 6.78. The number of aromatic nitrogens is 3. The molecule has 3 aromatic rings. The molecule has 0 radical (unpaired) electrons. The standard InChI is InChI=1S/C21H20N4O2/c1-13-22-9-8-17(23-13)21-16(10-15-6-4-3-5-7-15)20-18(24-21)11-25(14(2)26)12-19(20)27/h3-9,24H,10-12H2,1-2H3. The first-order valence-electron chi connectivity index (χ1n) is 8.89. The molecule has 0 saturated carbocycles. The number of H-pyrrole nitrogens is 1. The molecule has 1 aromatic carbocycles. The van der Waals surface area contributed by atoms with E-state index in [0.29, 0.717) is 24.4 Å². The van der Waals surface area contributed by atoms with Crippen molar-refractivity contribution in [1.29, 1.82) is 0 Å². The molecule has 6 heteroatoms. The number of Topliss-reactive ketones (excluding diaryl/α,β-unsaturated/α-hetero) is 1. The number of aromatic amines is 1. The van der Waals surface area contributed by atoms with Crippen LogP contribution in [0, 0.1) is 6.92 Å². The van der Waals surface area contributed by atoms with Crippen molar-refractivity contribution >= 4 is 11.7 Å². The zero-order valence-electron chi connectivity index (χ0n) is 15.3. The maximum Gasteiger partial charge on any atom is 0.220 e. The van der Waals surface area contributed by atoms with Crippen LogP contribution < -0.4 is 0 Å². The van der Waals surface area contributed by atoms with Gasteiger partial charge in [0.1, 0.15) is 5.82 Å². The van der Waals surface area contributed by atoms with Gasteiger partial charge in [0.25, 0.3) is 0 Å². The van der Waals surface area contributed by atoms with Crippen LogP contribution in [0.4, 0.5) is 0 Å². The van der Waals surface area contributed by atoms with Gasteiger partial charge >= 0.3 is 0 Å². The van der Waals surface area contributed by atoms with E-state index in [1.807, 2.05) is 43.3 Å². The zero-order valence-corrected chi connectivity index (χ0v) is 15.3. The van der Waals surface area contributed by atoms with Crippen LogP contribution >= 0.6 is 0 Å². The van der Waals surface area contributed by atoms with E-state index in [-0.39, 0.29) is 18.2 Å². The minimum absolute atomic E-state index is 0.0364. The van der Waals surface area contributed by atoms with Gasteiger partial charge in [0.15, 0.2) is 5.78 Å². The Morgan fingerprint density at radius 2 is 1.96 bits per heavy atom. The van der Waals surface area contributed by atoms with E-state index < -0.39 is 0 Å². The Balaban J connectivity index is 1.86. The van der Waals surface area contributed by atoms with Crippen LogP contribution in [0.5, 0.6) is 0 Å². The van der Waals surface area contributed by atoms with Crippen molar-refractivity contribution < 1.29 is 9.59 Å². The molecular formula is C21H20N4O2. The topological polar surface area (TPSA) is 79.0 Å². The van der Waals surface area contributed by atoms with Crippen molar-refractivity contribution in [2.75, 3.05) is 6.54 Å². The summed E-state index contributed by atoms with van der Waals surface area (Å²) >= 11 is 0. The number of benzene rings is 1. The Kier molecular flexibility index (Phi) is 4.32. The van der Waals surface area contributed by atoms with Crippen molar-refractivity contribution in [3.63, 3.8) is 0 Å².